The molecule has 0 N–H and O–H groups in total. The molecule has 3 aliphatic rings. The summed E-state index contributed by atoms with van der Waals surface area (Å²) in [5.41, 5.74) is 4.11. The number of ketones is 1. The van der Waals surface area contributed by atoms with Crippen LogP contribution in [0.15, 0.2) is 12.1 Å². The number of hydrogen-bond acceptors (Lipinski definition) is 1. The second kappa shape index (κ2) is 13.8. The predicted octanol–water partition coefficient (Wildman–Crippen LogP) is 7.42. The summed E-state index contributed by atoms with van der Waals surface area (Å²) < 4.78 is 0. The van der Waals surface area contributed by atoms with Crippen molar-refractivity contribution in [2.45, 2.75) is 110 Å². The Morgan fingerprint density at radius 3 is 1.78 bits per heavy atom. The number of benzene rings is 1. The number of aryl methyl sites for hydroxylation is 2. The minimum Gasteiger partial charge on any atom is -0.299 e. The number of hydrogen-bond donors (Lipinski definition) is 0. The SMILES string of the molecule is Cc1[c-]c(C)cc(CC2CCC(CC3CCC(CC(=O)C4CCCC4)CC3)CC2)c1.[B].[Y]. The van der Waals surface area contributed by atoms with Gasteiger partial charge in [0.15, 0.2) is 0 Å². The van der Waals surface area contributed by atoms with E-state index in [1.807, 2.05) is 0 Å². The van der Waals surface area contributed by atoms with Gasteiger partial charge in [-0.2, -0.15) is 34.9 Å². The average molecular weight is 507 g/mol. The molecule has 3 aliphatic carbocycles. The summed E-state index contributed by atoms with van der Waals surface area (Å²) in [5.74, 6) is 4.55. The molecule has 0 spiro atoms. The standard InChI is InChI=1S/C29H43O.B.Y/c1-21-15-22(2)17-27(16-21)19-25-9-7-23(8-10-25)18-24-11-13-26(14-12-24)20-29(30)28-5-3-4-6-28;;/h16-17,23-26,28H,3-14,18-20H2,1-2H3;;/q-1;;. The summed E-state index contributed by atoms with van der Waals surface area (Å²) in [4.78, 5) is 12.5. The van der Waals surface area contributed by atoms with Gasteiger partial charge in [-0.05, 0) is 75.0 Å². The molecule has 32 heavy (non-hydrogen) atoms. The van der Waals surface area contributed by atoms with Gasteiger partial charge in [-0.25, -0.2) is 0 Å². The van der Waals surface area contributed by atoms with E-state index in [1.54, 1.807) is 0 Å². The van der Waals surface area contributed by atoms with E-state index in [2.05, 4.69) is 32.0 Å². The molecule has 3 saturated carbocycles. The smallest absolute Gasteiger partial charge is 0.136 e. The molecule has 1 aromatic rings. The van der Waals surface area contributed by atoms with Gasteiger partial charge < -0.3 is 0 Å². The fraction of sp³-hybridized carbons (Fsp3) is 0.759. The Kier molecular flexibility index (Phi) is 12.2. The average Bonchev–Trinajstić information content (AvgIpc) is 3.25. The second-order valence-corrected chi connectivity index (χ2v) is 11.2. The summed E-state index contributed by atoms with van der Waals surface area (Å²) >= 11 is 0. The Labute approximate surface area is 225 Å². The van der Waals surface area contributed by atoms with Gasteiger partial charge in [-0.3, -0.25) is 4.79 Å². The van der Waals surface area contributed by atoms with Crippen LogP contribution in [0.25, 0.3) is 0 Å². The van der Waals surface area contributed by atoms with E-state index in [1.165, 1.54) is 107 Å². The van der Waals surface area contributed by atoms with Crippen molar-refractivity contribution in [2.75, 3.05) is 0 Å². The molecule has 4 rings (SSSR count). The van der Waals surface area contributed by atoms with Gasteiger partial charge in [-0.15, -0.1) is 0 Å². The summed E-state index contributed by atoms with van der Waals surface area (Å²) in [5, 5.41) is 0. The summed E-state index contributed by atoms with van der Waals surface area (Å²) in [6, 6.07) is 8.09. The van der Waals surface area contributed by atoms with Gasteiger partial charge >= 0.3 is 0 Å². The van der Waals surface area contributed by atoms with Crippen LogP contribution >= 0.6 is 0 Å². The van der Waals surface area contributed by atoms with E-state index >= 15 is 0 Å². The third kappa shape index (κ3) is 8.37. The fourth-order valence-electron chi connectivity index (χ4n) is 6.95. The Morgan fingerprint density at radius 2 is 1.25 bits per heavy atom. The maximum absolute atomic E-state index is 12.5. The molecule has 4 radical (unpaired) electrons. The van der Waals surface area contributed by atoms with Crippen molar-refractivity contribution in [3.63, 3.8) is 0 Å². The molecule has 0 aromatic heterocycles. The zero-order chi connectivity index (χ0) is 20.9. The first-order valence-corrected chi connectivity index (χ1v) is 13.1. The molecule has 172 valence electrons. The third-order valence-corrected chi connectivity index (χ3v) is 8.62. The van der Waals surface area contributed by atoms with Crippen LogP contribution in [0.4, 0.5) is 0 Å². The van der Waals surface area contributed by atoms with Crippen LogP contribution in [-0.4, -0.2) is 14.2 Å². The molecule has 0 bridgehead atoms. The minimum absolute atomic E-state index is 0. The normalized spacial score (nSPS) is 28.6. The second-order valence-electron chi connectivity index (χ2n) is 11.2. The Balaban J connectivity index is 0.00000181. The van der Waals surface area contributed by atoms with Crippen LogP contribution in [0.5, 0.6) is 0 Å². The van der Waals surface area contributed by atoms with Gasteiger partial charge in [0.25, 0.3) is 0 Å². The molecule has 3 heteroatoms. The van der Waals surface area contributed by atoms with E-state index in [4.69, 9.17) is 0 Å². The molecule has 0 amide bonds. The minimum atomic E-state index is 0. The number of carbonyl (C=O) groups excluding carboxylic acids is 1. The van der Waals surface area contributed by atoms with Crippen LogP contribution in [0, 0.1) is 49.5 Å². The van der Waals surface area contributed by atoms with Crippen LogP contribution in [-0.2, 0) is 43.9 Å². The molecule has 0 unspecified atom stereocenters. The summed E-state index contributed by atoms with van der Waals surface area (Å²) in [6.45, 7) is 4.35. The maximum Gasteiger partial charge on any atom is 0.136 e. The van der Waals surface area contributed by atoms with Gasteiger partial charge in [0.1, 0.15) is 5.78 Å². The van der Waals surface area contributed by atoms with Crippen molar-refractivity contribution in [1.29, 1.82) is 0 Å². The Morgan fingerprint density at radius 1 is 0.781 bits per heavy atom. The monoisotopic (exact) mass is 507 g/mol. The molecule has 0 heterocycles. The van der Waals surface area contributed by atoms with Crippen LogP contribution in [0.2, 0.25) is 0 Å². The maximum atomic E-state index is 12.5. The summed E-state index contributed by atoms with van der Waals surface area (Å²) in [6.07, 6.45) is 19.7. The van der Waals surface area contributed by atoms with Gasteiger partial charge in [0.2, 0.25) is 0 Å². The largest absolute Gasteiger partial charge is 0.299 e. The zero-order valence-electron chi connectivity index (χ0n) is 20.7. The van der Waals surface area contributed by atoms with Gasteiger partial charge in [-0.1, -0.05) is 52.4 Å². The molecular formula is C29H43BOY-. The van der Waals surface area contributed by atoms with Crippen molar-refractivity contribution >= 4 is 14.2 Å². The quantitative estimate of drug-likeness (QED) is 0.277. The first kappa shape index (κ1) is 28.3. The molecule has 3 fully saturated rings. The van der Waals surface area contributed by atoms with Crippen LogP contribution < -0.4 is 0 Å². The molecular weight excluding hydrogens is 464 g/mol. The predicted molar refractivity (Wildman–Crippen MR) is 131 cm³/mol. The zero-order valence-corrected chi connectivity index (χ0v) is 23.5. The molecule has 0 saturated heterocycles. The Hall–Kier alpha value is 0.0588. The van der Waals surface area contributed by atoms with E-state index in [-0.39, 0.29) is 41.1 Å². The topological polar surface area (TPSA) is 17.1 Å². The molecule has 1 aromatic carbocycles. The van der Waals surface area contributed by atoms with Gasteiger partial charge in [0, 0.05) is 53.5 Å². The third-order valence-electron chi connectivity index (χ3n) is 8.62. The molecule has 0 aliphatic heterocycles. The fourth-order valence-corrected chi connectivity index (χ4v) is 6.95. The van der Waals surface area contributed by atoms with Crippen LogP contribution in [0.3, 0.4) is 0 Å². The summed E-state index contributed by atoms with van der Waals surface area (Å²) in [7, 11) is 0. The first-order chi connectivity index (χ1) is 14.5. The van der Waals surface area contributed by atoms with Crippen molar-refractivity contribution in [1.82, 2.24) is 0 Å². The number of carbonyl (C=O) groups is 1. The number of Topliss-reactive ketones (excluding diaryl/α,β-unsaturated/α-hetero) is 1. The first-order valence-electron chi connectivity index (χ1n) is 13.1. The van der Waals surface area contributed by atoms with E-state index in [0.717, 1.165) is 24.2 Å². The number of rotatable bonds is 7. The van der Waals surface area contributed by atoms with E-state index < -0.39 is 0 Å². The van der Waals surface area contributed by atoms with Crippen LogP contribution in [0.1, 0.15) is 107 Å². The van der Waals surface area contributed by atoms with Crippen molar-refractivity contribution in [3.8, 4) is 0 Å². The molecule has 1 nitrogen and oxygen atoms in total. The van der Waals surface area contributed by atoms with E-state index in [9.17, 15) is 4.79 Å². The van der Waals surface area contributed by atoms with E-state index in [0.29, 0.717) is 17.6 Å². The Bertz CT molecular complexity index is 675. The van der Waals surface area contributed by atoms with Crippen molar-refractivity contribution in [2.24, 2.45) is 29.6 Å². The van der Waals surface area contributed by atoms with Crippen molar-refractivity contribution in [3.05, 3.63) is 34.9 Å². The van der Waals surface area contributed by atoms with Gasteiger partial charge in [0.05, 0.1) is 0 Å². The van der Waals surface area contributed by atoms with Crippen molar-refractivity contribution < 1.29 is 37.5 Å². The molecule has 0 atom stereocenters.